The van der Waals surface area contributed by atoms with Gasteiger partial charge < -0.3 is 19.9 Å². The fourth-order valence-electron chi connectivity index (χ4n) is 4.47. The lowest BCUT2D eigenvalue weighted by atomic mass is 9.97. The minimum Gasteiger partial charge on any atom is -0.372 e. The molecule has 8 nitrogen and oxygen atoms in total. The highest BCUT2D eigenvalue weighted by molar-refractivity contribution is 5.94. The second-order valence-corrected chi connectivity index (χ2v) is 9.09. The van der Waals surface area contributed by atoms with Crippen LogP contribution in [0.3, 0.4) is 0 Å². The summed E-state index contributed by atoms with van der Waals surface area (Å²) < 4.78 is 77.1. The van der Waals surface area contributed by atoms with E-state index in [2.05, 4.69) is 20.3 Å². The molecule has 3 atom stereocenters. The number of anilines is 1. The van der Waals surface area contributed by atoms with Crippen molar-refractivity contribution in [3.8, 4) is 0 Å². The number of amides is 1. The number of alkyl halides is 3. The van der Waals surface area contributed by atoms with Crippen molar-refractivity contribution in [1.29, 1.82) is 0 Å². The number of nitrogens with zero attached hydrogens (tertiary/aromatic N) is 3. The molecule has 2 aromatic heterocycles. The Kier molecular flexibility index (Phi) is 6.93. The predicted molar refractivity (Wildman–Crippen MR) is 124 cm³/mol. The molecule has 0 spiro atoms. The summed E-state index contributed by atoms with van der Waals surface area (Å²) in [5.74, 6) is -3.66. The van der Waals surface area contributed by atoms with E-state index in [1.54, 1.807) is 13.8 Å². The first-order chi connectivity index (χ1) is 17.3. The van der Waals surface area contributed by atoms with E-state index in [-0.39, 0.29) is 29.0 Å². The molecular weight excluding hydrogens is 501 g/mol. The summed E-state index contributed by atoms with van der Waals surface area (Å²) in [5, 5.41) is 2.11. The van der Waals surface area contributed by atoms with Crippen LogP contribution in [0.5, 0.6) is 0 Å². The van der Waals surface area contributed by atoms with Crippen LogP contribution in [-0.2, 0) is 10.9 Å². The molecule has 37 heavy (non-hydrogen) atoms. The second-order valence-electron chi connectivity index (χ2n) is 9.09. The zero-order valence-corrected chi connectivity index (χ0v) is 20.3. The van der Waals surface area contributed by atoms with Gasteiger partial charge in [0.2, 0.25) is 0 Å². The van der Waals surface area contributed by atoms with Crippen LogP contribution in [0.25, 0.3) is 10.9 Å². The highest BCUT2D eigenvalue weighted by Gasteiger charge is 2.40. The predicted octanol–water partition coefficient (Wildman–Crippen LogP) is 4.35. The summed E-state index contributed by atoms with van der Waals surface area (Å²) in [6, 6.07) is 0.472. The molecule has 0 bridgehead atoms. The quantitative estimate of drug-likeness (QED) is 0.492. The normalized spacial score (nSPS) is 19.2. The lowest BCUT2D eigenvalue weighted by Gasteiger charge is -2.35. The fourth-order valence-corrected chi connectivity index (χ4v) is 4.47. The smallest absolute Gasteiger partial charge is 0.372 e. The van der Waals surface area contributed by atoms with Crippen molar-refractivity contribution in [1.82, 2.24) is 19.9 Å². The van der Waals surface area contributed by atoms with Gasteiger partial charge in [0.15, 0.2) is 17.5 Å². The molecule has 198 valence electrons. The van der Waals surface area contributed by atoms with Crippen molar-refractivity contribution in [2.45, 2.75) is 52.1 Å². The van der Waals surface area contributed by atoms with Crippen LogP contribution in [0, 0.1) is 18.6 Å². The number of aromatic amines is 1. The summed E-state index contributed by atoms with van der Waals surface area (Å²) in [5.41, 5.74) is -3.84. The average Bonchev–Trinajstić information content (AvgIpc) is 2.78. The van der Waals surface area contributed by atoms with Crippen LogP contribution >= 0.6 is 0 Å². The Bertz CT molecular complexity index is 1410. The number of carbonyl (C=O) groups is 1. The van der Waals surface area contributed by atoms with Gasteiger partial charge in [0.05, 0.1) is 34.8 Å². The maximum absolute atomic E-state index is 15.0. The van der Waals surface area contributed by atoms with Crippen molar-refractivity contribution in [3.63, 3.8) is 0 Å². The van der Waals surface area contributed by atoms with E-state index < -0.39 is 57.8 Å². The number of morpholine rings is 1. The highest BCUT2D eigenvalue weighted by Crippen LogP contribution is 2.39. The van der Waals surface area contributed by atoms with Crippen molar-refractivity contribution in [2.75, 3.05) is 18.4 Å². The molecule has 13 heteroatoms. The molecule has 1 aromatic carbocycles. The molecule has 3 heterocycles. The van der Waals surface area contributed by atoms with Gasteiger partial charge in [-0.25, -0.2) is 18.7 Å². The lowest BCUT2D eigenvalue weighted by Crippen LogP contribution is -2.48. The van der Waals surface area contributed by atoms with Gasteiger partial charge in [0.25, 0.3) is 11.5 Å². The fraction of sp³-hybridized carbons (Fsp3) is 0.417. The minimum absolute atomic E-state index is 0.0438. The number of nitrogens with one attached hydrogen (secondary N) is 2. The third-order valence-corrected chi connectivity index (χ3v) is 5.99. The van der Waals surface area contributed by atoms with E-state index in [1.807, 2.05) is 0 Å². The topological polar surface area (TPSA) is 100 Å². The van der Waals surface area contributed by atoms with E-state index >= 15 is 4.39 Å². The van der Waals surface area contributed by atoms with Gasteiger partial charge in [0, 0.05) is 19.3 Å². The summed E-state index contributed by atoms with van der Waals surface area (Å²) >= 11 is 0. The maximum Gasteiger partial charge on any atom is 0.419 e. The Morgan fingerprint density at radius 1 is 1.22 bits per heavy atom. The van der Waals surface area contributed by atoms with Gasteiger partial charge in [-0.3, -0.25) is 9.59 Å². The Labute approximate surface area is 207 Å². The minimum atomic E-state index is -5.13. The van der Waals surface area contributed by atoms with Crippen LogP contribution < -0.4 is 10.9 Å². The largest absolute Gasteiger partial charge is 0.419 e. The molecular formula is C24H24F5N5O3. The summed E-state index contributed by atoms with van der Waals surface area (Å²) in [7, 11) is 0. The molecule has 3 aromatic rings. The second kappa shape index (κ2) is 9.69. The molecule has 1 fully saturated rings. The highest BCUT2D eigenvalue weighted by atomic mass is 19.4. The molecule has 1 aliphatic heterocycles. The molecule has 1 amide bonds. The number of H-pyrrole nitrogens is 1. The zero-order chi connectivity index (χ0) is 27.2. The molecule has 1 saturated heterocycles. The van der Waals surface area contributed by atoms with E-state index in [0.29, 0.717) is 13.1 Å². The number of halogens is 5. The molecule has 0 aliphatic carbocycles. The number of pyridine rings is 1. The molecule has 0 saturated carbocycles. The van der Waals surface area contributed by atoms with Gasteiger partial charge in [-0.1, -0.05) is 0 Å². The number of hydrogen-bond donors (Lipinski definition) is 2. The summed E-state index contributed by atoms with van der Waals surface area (Å²) in [6.45, 7) is 6.78. The molecule has 1 aliphatic rings. The Morgan fingerprint density at radius 3 is 2.46 bits per heavy atom. The standard InChI is InChI=1S/C24H24F5N5O3/c1-10-8-34(9-11(2)37-10)23(36)14-5-17(25)21(30-7-14)31-12(3)15-6-16-20(32-13(4)33-22(16)35)19(26)18(15)24(27,28)29/h5-7,10-12H,8-9H2,1-4H3,(H,30,31)(H,32,33,35)/t10-,11+,12-/m0/s1. The van der Waals surface area contributed by atoms with Crippen LogP contribution in [0.15, 0.2) is 23.1 Å². The van der Waals surface area contributed by atoms with E-state index in [1.165, 1.54) is 18.7 Å². The molecule has 0 unspecified atom stereocenters. The SMILES string of the molecule is Cc1nc2c(F)c(C(F)(F)F)c([C@H](C)Nc3ncc(C(=O)N4C[C@@H](C)O[C@@H](C)C4)cc3F)cc2c(=O)[nH]1. The maximum atomic E-state index is 15.0. The summed E-state index contributed by atoms with van der Waals surface area (Å²) in [6.07, 6.45) is -4.43. The van der Waals surface area contributed by atoms with E-state index in [0.717, 1.165) is 18.3 Å². The van der Waals surface area contributed by atoms with Crippen LogP contribution in [-0.4, -0.2) is 51.1 Å². The van der Waals surface area contributed by atoms with Crippen molar-refractivity contribution < 1.29 is 31.5 Å². The monoisotopic (exact) mass is 525 g/mol. The van der Waals surface area contributed by atoms with Crippen LogP contribution in [0.2, 0.25) is 0 Å². The molecule has 4 rings (SSSR count). The van der Waals surface area contributed by atoms with E-state index in [9.17, 15) is 27.2 Å². The van der Waals surface area contributed by atoms with Crippen molar-refractivity contribution in [2.24, 2.45) is 0 Å². The number of rotatable bonds is 4. The molecule has 2 N–H and O–H groups in total. The first-order valence-corrected chi connectivity index (χ1v) is 11.4. The number of aryl methyl sites for hydroxylation is 1. The number of fused-ring (bicyclic) bond motifs is 1. The third-order valence-electron chi connectivity index (χ3n) is 5.99. The first kappa shape index (κ1) is 26.5. The zero-order valence-electron chi connectivity index (χ0n) is 20.3. The number of aromatic nitrogens is 3. The lowest BCUT2D eigenvalue weighted by molar-refractivity contribution is -0.140. The van der Waals surface area contributed by atoms with Gasteiger partial charge in [0.1, 0.15) is 11.3 Å². The van der Waals surface area contributed by atoms with E-state index in [4.69, 9.17) is 4.74 Å². The number of benzene rings is 1. The van der Waals surface area contributed by atoms with Crippen LogP contribution in [0.4, 0.5) is 27.8 Å². The third kappa shape index (κ3) is 5.26. The van der Waals surface area contributed by atoms with Gasteiger partial charge >= 0.3 is 6.18 Å². The average molecular weight is 525 g/mol. The van der Waals surface area contributed by atoms with Gasteiger partial charge in [-0.15, -0.1) is 0 Å². The molecule has 0 radical (unpaired) electrons. The summed E-state index contributed by atoms with van der Waals surface area (Å²) in [4.78, 5) is 36.5. The van der Waals surface area contributed by atoms with Crippen LogP contribution in [0.1, 0.15) is 54.1 Å². The number of ether oxygens (including phenoxy) is 1. The van der Waals surface area contributed by atoms with Crippen molar-refractivity contribution >= 4 is 22.6 Å². The number of carbonyl (C=O) groups excluding carboxylic acids is 1. The van der Waals surface area contributed by atoms with Crippen molar-refractivity contribution in [3.05, 3.63) is 62.8 Å². The van der Waals surface area contributed by atoms with Gasteiger partial charge in [-0.05, 0) is 45.4 Å². The first-order valence-electron chi connectivity index (χ1n) is 11.4. The Morgan fingerprint density at radius 2 is 1.86 bits per heavy atom. The Hall–Kier alpha value is -3.61. The number of hydrogen-bond acceptors (Lipinski definition) is 6. The van der Waals surface area contributed by atoms with Gasteiger partial charge in [-0.2, -0.15) is 13.2 Å². The Balaban J connectivity index is 1.67.